The minimum atomic E-state index is 0. The summed E-state index contributed by atoms with van der Waals surface area (Å²) in [7, 11) is 1.83. The highest BCUT2D eigenvalue weighted by atomic mass is 35.5. The van der Waals surface area contributed by atoms with Gasteiger partial charge < -0.3 is 10.6 Å². The maximum absolute atomic E-state index is 5.76. The van der Waals surface area contributed by atoms with Crippen molar-refractivity contribution in [1.29, 1.82) is 0 Å². The van der Waals surface area contributed by atoms with Crippen LogP contribution in [0.5, 0.6) is 0 Å². The molecular formula is C6H14Cl2N6. The largest absolute Gasteiger partial charge is 0.338 e. The first-order valence-corrected chi connectivity index (χ1v) is 4.00. The lowest BCUT2D eigenvalue weighted by atomic mass is 10.3. The van der Waals surface area contributed by atoms with Crippen LogP contribution in [-0.2, 0) is 7.05 Å². The van der Waals surface area contributed by atoms with E-state index in [1.54, 1.807) is 4.68 Å². The van der Waals surface area contributed by atoms with Crippen LogP contribution < -0.4 is 10.6 Å². The fourth-order valence-electron chi connectivity index (χ4n) is 1.46. The summed E-state index contributed by atoms with van der Waals surface area (Å²) in [5.74, 6) is 0.808. The van der Waals surface area contributed by atoms with Crippen molar-refractivity contribution < 1.29 is 0 Å². The summed E-state index contributed by atoms with van der Waals surface area (Å²) in [5, 5.41) is 11.2. The van der Waals surface area contributed by atoms with Crippen molar-refractivity contribution in [2.24, 2.45) is 12.8 Å². The molecule has 0 bridgehead atoms. The molecule has 0 amide bonds. The van der Waals surface area contributed by atoms with Crippen LogP contribution in [0.1, 0.15) is 6.42 Å². The SMILES string of the molecule is Cl.Cl.Cn1nnnc1N1CC[C@@H](N)C1. The van der Waals surface area contributed by atoms with E-state index < -0.39 is 0 Å². The number of hydrogen-bond donors (Lipinski definition) is 1. The first-order chi connectivity index (χ1) is 5.77. The average Bonchev–Trinajstić information content (AvgIpc) is 2.58. The van der Waals surface area contributed by atoms with E-state index in [2.05, 4.69) is 20.4 Å². The Kier molecular flexibility index (Phi) is 5.11. The van der Waals surface area contributed by atoms with E-state index >= 15 is 0 Å². The fourth-order valence-corrected chi connectivity index (χ4v) is 1.46. The summed E-state index contributed by atoms with van der Waals surface area (Å²) < 4.78 is 1.66. The zero-order valence-corrected chi connectivity index (χ0v) is 9.46. The summed E-state index contributed by atoms with van der Waals surface area (Å²) in [6, 6.07) is 0.265. The Morgan fingerprint density at radius 3 is 2.57 bits per heavy atom. The molecule has 1 atom stereocenters. The van der Waals surface area contributed by atoms with Crippen LogP contribution >= 0.6 is 24.8 Å². The molecule has 1 saturated heterocycles. The topological polar surface area (TPSA) is 72.9 Å². The number of hydrogen-bond acceptors (Lipinski definition) is 5. The third-order valence-corrected chi connectivity index (χ3v) is 2.11. The molecule has 8 heteroatoms. The van der Waals surface area contributed by atoms with Crippen molar-refractivity contribution in [2.45, 2.75) is 12.5 Å². The van der Waals surface area contributed by atoms with Crippen molar-refractivity contribution >= 4 is 30.8 Å². The first-order valence-electron chi connectivity index (χ1n) is 4.00. The number of rotatable bonds is 1. The van der Waals surface area contributed by atoms with Crippen LogP contribution in [0, 0.1) is 0 Å². The highest BCUT2D eigenvalue weighted by Gasteiger charge is 2.22. The zero-order chi connectivity index (χ0) is 8.55. The van der Waals surface area contributed by atoms with E-state index in [0.717, 1.165) is 25.5 Å². The van der Waals surface area contributed by atoms with Gasteiger partial charge in [-0.05, 0) is 16.8 Å². The van der Waals surface area contributed by atoms with E-state index in [4.69, 9.17) is 5.73 Å². The molecule has 82 valence electrons. The molecule has 2 heterocycles. The number of nitrogens with two attached hydrogens (primary N) is 1. The molecule has 2 N–H and O–H groups in total. The van der Waals surface area contributed by atoms with Crippen LogP contribution in [0.2, 0.25) is 0 Å². The van der Waals surface area contributed by atoms with Gasteiger partial charge in [-0.1, -0.05) is 5.10 Å². The molecule has 6 nitrogen and oxygen atoms in total. The van der Waals surface area contributed by atoms with Crippen molar-refractivity contribution in [3.63, 3.8) is 0 Å². The molecule has 2 rings (SSSR count). The molecule has 1 fully saturated rings. The number of nitrogens with zero attached hydrogens (tertiary/aromatic N) is 5. The number of aromatic nitrogens is 4. The molecule has 1 aliphatic heterocycles. The Balaban J connectivity index is 0.000000845. The molecule has 0 unspecified atom stereocenters. The first kappa shape index (κ1) is 13.4. The molecule has 1 aromatic heterocycles. The second-order valence-corrected chi connectivity index (χ2v) is 3.10. The van der Waals surface area contributed by atoms with E-state index in [1.807, 2.05) is 7.05 Å². The van der Waals surface area contributed by atoms with Crippen molar-refractivity contribution in [3.05, 3.63) is 0 Å². The fraction of sp³-hybridized carbons (Fsp3) is 0.833. The number of aryl methyl sites for hydroxylation is 1. The molecular weight excluding hydrogens is 227 g/mol. The standard InChI is InChI=1S/C6H12N6.2ClH/c1-11-6(8-9-10-11)12-3-2-5(7)4-12;;/h5H,2-4,7H2,1H3;2*1H/t5-;;/m1../s1. The normalized spacial score (nSPS) is 20.1. The van der Waals surface area contributed by atoms with Gasteiger partial charge in [-0.15, -0.1) is 24.8 Å². The van der Waals surface area contributed by atoms with Crippen LogP contribution in [0.15, 0.2) is 0 Å². The average molecular weight is 241 g/mol. The highest BCUT2D eigenvalue weighted by molar-refractivity contribution is 5.85. The summed E-state index contributed by atoms with van der Waals surface area (Å²) in [6.07, 6.45) is 1.02. The Morgan fingerprint density at radius 1 is 1.43 bits per heavy atom. The van der Waals surface area contributed by atoms with Gasteiger partial charge in [0.15, 0.2) is 0 Å². The Morgan fingerprint density at radius 2 is 2.14 bits per heavy atom. The predicted octanol–water partition coefficient (Wildman–Crippen LogP) is -0.409. The van der Waals surface area contributed by atoms with Crippen LogP contribution in [0.4, 0.5) is 5.95 Å². The van der Waals surface area contributed by atoms with Gasteiger partial charge in [0.25, 0.3) is 0 Å². The molecule has 0 aliphatic carbocycles. The van der Waals surface area contributed by atoms with Crippen molar-refractivity contribution in [3.8, 4) is 0 Å². The van der Waals surface area contributed by atoms with E-state index in [9.17, 15) is 0 Å². The maximum Gasteiger partial charge on any atom is 0.245 e. The lowest BCUT2D eigenvalue weighted by molar-refractivity contribution is 0.695. The summed E-state index contributed by atoms with van der Waals surface area (Å²) in [6.45, 7) is 1.81. The second kappa shape index (κ2) is 5.33. The Labute approximate surface area is 94.6 Å². The van der Waals surface area contributed by atoms with Gasteiger partial charge >= 0.3 is 0 Å². The second-order valence-electron chi connectivity index (χ2n) is 3.10. The van der Waals surface area contributed by atoms with E-state index in [-0.39, 0.29) is 30.9 Å². The molecule has 1 aliphatic rings. The molecule has 14 heavy (non-hydrogen) atoms. The van der Waals surface area contributed by atoms with Gasteiger partial charge in [0.05, 0.1) is 0 Å². The lowest BCUT2D eigenvalue weighted by Crippen LogP contribution is -2.28. The molecule has 0 saturated carbocycles. The lowest BCUT2D eigenvalue weighted by Gasteiger charge is -2.13. The molecule has 0 spiro atoms. The van der Waals surface area contributed by atoms with Crippen LogP contribution in [-0.4, -0.2) is 39.3 Å². The van der Waals surface area contributed by atoms with E-state index in [1.165, 1.54) is 0 Å². The highest BCUT2D eigenvalue weighted by Crippen LogP contribution is 2.14. The molecule has 0 aromatic carbocycles. The van der Waals surface area contributed by atoms with Gasteiger partial charge in [0.2, 0.25) is 5.95 Å². The van der Waals surface area contributed by atoms with Crippen molar-refractivity contribution in [2.75, 3.05) is 18.0 Å². The van der Waals surface area contributed by atoms with Crippen LogP contribution in [0.25, 0.3) is 0 Å². The quantitative estimate of drug-likeness (QED) is 0.723. The van der Waals surface area contributed by atoms with Crippen LogP contribution in [0.3, 0.4) is 0 Å². The molecule has 0 radical (unpaired) electrons. The van der Waals surface area contributed by atoms with Crippen molar-refractivity contribution in [1.82, 2.24) is 20.2 Å². The third-order valence-electron chi connectivity index (χ3n) is 2.11. The summed E-state index contributed by atoms with van der Waals surface area (Å²) in [5.41, 5.74) is 5.76. The third kappa shape index (κ3) is 2.46. The summed E-state index contributed by atoms with van der Waals surface area (Å²) in [4.78, 5) is 2.10. The minimum Gasteiger partial charge on any atom is -0.338 e. The van der Waals surface area contributed by atoms with E-state index in [0.29, 0.717) is 0 Å². The number of tetrazole rings is 1. The smallest absolute Gasteiger partial charge is 0.245 e. The maximum atomic E-state index is 5.76. The Bertz CT molecular complexity index is 277. The minimum absolute atomic E-state index is 0. The van der Waals surface area contributed by atoms with Gasteiger partial charge in [-0.25, -0.2) is 4.68 Å². The number of halogens is 2. The molecule has 1 aromatic rings. The van der Waals surface area contributed by atoms with Gasteiger partial charge in [0.1, 0.15) is 0 Å². The number of anilines is 1. The monoisotopic (exact) mass is 240 g/mol. The zero-order valence-electron chi connectivity index (χ0n) is 7.83. The Hall–Kier alpha value is -0.590. The van der Waals surface area contributed by atoms with Gasteiger partial charge in [0, 0.05) is 26.2 Å². The van der Waals surface area contributed by atoms with Gasteiger partial charge in [-0.2, -0.15) is 0 Å². The predicted molar refractivity (Wildman–Crippen MR) is 58.1 cm³/mol. The summed E-state index contributed by atoms with van der Waals surface area (Å²) >= 11 is 0. The van der Waals surface area contributed by atoms with Gasteiger partial charge in [-0.3, -0.25) is 0 Å².